The molecule has 5 aliphatic carbocycles. The molecular formula is C32H51NO4. The summed E-state index contributed by atoms with van der Waals surface area (Å²) in [4.78, 5) is 24.9. The van der Waals surface area contributed by atoms with Crippen LogP contribution >= 0.6 is 0 Å². The molecule has 5 unspecified atom stereocenters. The third-order valence-corrected chi connectivity index (χ3v) is 13.3. The van der Waals surface area contributed by atoms with Gasteiger partial charge in [0.15, 0.2) is 0 Å². The molecule has 0 aromatic carbocycles. The number of carbonyl (C=O) groups excluding carboxylic acids is 1. The van der Waals surface area contributed by atoms with E-state index in [-0.39, 0.29) is 17.9 Å². The van der Waals surface area contributed by atoms with E-state index >= 15 is 0 Å². The quantitative estimate of drug-likeness (QED) is 0.413. The van der Waals surface area contributed by atoms with Crippen LogP contribution in [0.2, 0.25) is 0 Å². The molecule has 5 nitrogen and oxygen atoms in total. The van der Waals surface area contributed by atoms with Gasteiger partial charge in [-0.25, -0.2) is 0 Å². The fraction of sp³-hybridized carbons (Fsp3) is 0.875. The average molecular weight is 514 g/mol. The molecule has 5 aliphatic rings. The van der Waals surface area contributed by atoms with Crippen molar-refractivity contribution in [1.29, 1.82) is 0 Å². The Morgan fingerprint density at radius 3 is 2.24 bits per heavy atom. The van der Waals surface area contributed by atoms with E-state index in [2.05, 4.69) is 46.5 Å². The van der Waals surface area contributed by atoms with E-state index in [0.717, 1.165) is 38.0 Å². The first kappa shape index (κ1) is 27.2. The molecule has 5 rings (SSSR count). The van der Waals surface area contributed by atoms with Crippen molar-refractivity contribution in [3.05, 3.63) is 12.2 Å². The van der Waals surface area contributed by atoms with Crippen molar-refractivity contribution in [3.63, 3.8) is 0 Å². The number of ether oxygens (including phenoxy) is 1. The van der Waals surface area contributed by atoms with Crippen molar-refractivity contribution in [2.24, 2.45) is 57.2 Å². The maximum absolute atomic E-state index is 13.7. The molecule has 1 amide bonds. The summed E-state index contributed by atoms with van der Waals surface area (Å²) in [6.45, 7) is 16.4. The topological polar surface area (TPSA) is 75.6 Å². The first-order valence-electron chi connectivity index (χ1n) is 15.0. The third kappa shape index (κ3) is 3.79. The molecule has 5 fully saturated rings. The van der Waals surface area contributed by atoms with E-state index in [1.807, 2.05) is 7.11 Å². The summed E-state index contributed by atoms with van der Waals surface area (Å²) in [5, 5.41) is 12.1. The van der Waals surface area contributed by atoms with Gasteiger partial charge in [0.2, 0.25) is 5.91 Å². The van der Waals surface area contributed by atoms with Crippen molar-refractivity contribution >= 4 is 11.9 Å². The van der Waals surface area contributed by atoms with Gasteiger partial charge in [0.1, 0.15) is 6.54 Å². The minimum absolute atomic E-state index is 0.00955. The lowest BCUT2D eigenvalue weighted by Crippen LogP contribution is -2.64. The molecular weight excluding hydrogens is 462 g/mol. The predicted octanol–water partition coefficient (Wildman–Crippen LogP) is 6.47. The van der Waals surface area contributed by atoms with Crippen LogP contribution in [0.15, 0.2) is 12.2 Å². The normalized spacial score (nSPS) is 48.1. The number of carboxylic acids is 1. The molecule has 208 valence electrons. The lowest BCUT2D eigenvalue weighted by atomic mass is 9.36. The maximum atomic E-state index is 13.7. The Morgan fingerprint density at radius 2 is 1.59 bits per heavy atom. The van der Waals surface area contributed by atoms with Crippen LogP contribution < -0.4 is 5.32 Å². The number of methoxy groups -OCH3 is 1. The first-order valence-corrected chi connectivity index (χ1v) is 15.0. The fourth-order valence-electron chi connectivity index (χ4n) is 11.9. The highest BCUT2D eigenvalue weighted by atomic mass is 16.5. The van der Waals surface area contributed by atoms with Crippen molar-refractivity contribution < 1.29 is 19.4 Å². The van der Waals surface area contributed by atoms with E-state index in [1.54, 1.807) is 0 Å². The lowest BCUT2D eigenvalue weighted by molar-refractivity contribution is -0.219. The Bertz CT molecular complexity index is 958. The number of carboxylic acid groups (broad SMARTS) is 1. The number of hydrogen-bond donors (Lipinski definition) is 2. The molecule has 0 radical (unpaired) electrons. The Morgan fingerprint density at radius 1 is 0.919 bits per heavy atom. The molecule has 5 saturated carbocycles. The zero-order valence-corrected chi connectivity index (χ0v) is 24.2. The standard InChI is InChI=1S/C32H51NO4/c1-19(2)20-10-16-32(28(36)33-18-26(34)35)17-11-22-21(27(20)32)8-9-24-30(22,5)14-12-23-29(3,4)25(37-7)13-15-31(23,24)6/h20-25,27H,1,8-18H2,2-7H3,(H,33,36)(H,34,35)/t20-,21?,22?,23?,24?,25-,27?,30-,31-,32-/m0/s1. The third-order valence-electron chi connectivity index (χ3n) is 13.3. The number of rotatable bonds is 5. The minimum Gasteiger partial charge on any atom is -0.480 e. The van der Waals surface area contributed by atoms with Gasteiger partial charge in [-0.05, 0) is 123 Å². The summed E-state index contributed by atoms with van der Waals surface area (Å²) in [5.74, 6) is 2.25. The molecule has 0 aromatic heterocycles. The highest BCUT2D eigenvalue weighted by Gasteiger charge is 2.68. The van der Waals surface area contributed by atoms with Gasteiger partial charge in [0.05, 0.1) is 11.5 Å². The number of allylic oxidation sites excluding steroid dienone is 1. The summed E-state index contributed by atoms with van der Waals surface area (Å²) in [6, 6.07) is 0. The summed E-state index contributed by atoms with van der Waals surface area (Å²) >= 11 is 0. The van der Waals surface area contributed by atoms with Gasteiger partial charge < -0.3 is 15.2 Å². The second-order valence-electron chi connectivity index (χ2n) is 14.9. The number of fused-ring (bicyclic) bond motifs is 7. The van der Waals surface area contributed by atoms with Crippen molar-refractivity contribution in [2.45, 2.75) is 105 Å². The summed E-state index contributed by atoms with van der Waals surface area (Å²) < 4.78 is 6.01. The van der Waals surface area contributed by atoms with Crippen LogP contribution in [0.25, 0.3) is 0 Å². The largest absolute Gasteiger partial charge is 0.480 e. The van der Waals surface area contributed by atoms with Gasteiger partial charge >= 0.3 is 5.97 Å². The zero-order valence-electron chi connectivity index (χ0n) is 24.2. The minimum atomic E-state index is -0.964. The molecule has 0 aliphatic heterocycles. The van der Waals surface area contributed by atoms with Crippen LogP contribution in [0, 0.1) is 57.2 Å². The van der Waals surface area contributed by atoms with Gasteiger partial charge in [0.25, 0.3) is 0 Å². The lowest BCUT2D eigenvalue weighted by Gasteiger charge is -2.69. The molecule has 0 saturated heterocycles. The molecule has 10 atom stereocenters. The van der Waals surface area contributed by atoms with Gasteiger partial charge in [-0.1, -0.05) is 39.8 Å². The van der Waals surface area contributed by atoms with Crippen molar-refractivity contribution in [2.75, 3.05) is 13.7 Å². The van der Waals surface area contributed by atoms with Gasteiger partial charge in [-0.3, -0.25) is 9.59 Å². The van der Waals surface area contributed by atoms with E-state index in [1.165, 1.54) is 37.7 Å². The Labute approximate surface area is 224 Å². The number of hydrogen-bond acceptors (Lipinski definition) is 3. The molecule has 0 heterocycles. The SMILES string of the molecule is C=C(C)[C@@H]1CC[C@]2(C(=O)NCC(=O)O)CCC3C(CCC4[C@@]3(C)CCC3C(C)(C)[C@@H](OC)CC[C@@]34C)C12. The first-order chi connectivity index (χ1) is 17.3. The van der Waals surface area contributed by atoms with E-state index in [0.29, 0.717) is 46.5 Å². The highest BCUT2D eigenvalue weighted by molar-refractivity contribution is 5.86. The van der Waals surface area contributed by atoms with Crippen LogP contribution in [0.4, 0.5) is 0 Å². The molecule has 0 spiro atoms. The number of amides is 1. The monoisotopic (exact) mass is 513 g/mol. The Hall–Kier alpha value is -1.36. The highest BCUT2D eigenvalue weighted by Crippen LogP contribution is 2.73. The Balaban J connectivity index is 1.47. The Kier molecular flexibility index (Phi) is 6.69. The second kappa shape index (κ2) is 9.10. The number of carbonyl (C=O) groups is 2. The molecule has 0 aromatic rings. The average Bonchev–Trinajstić information content (AvgIpc) is 3.23. The summed E-state index contributed by atoms with van der Waals surface area (Å²) in [5.41, 5.74) is 1.62. The van der Waals surface area contributed by atoms with E-state index < -0.39 is 11.4 Å². The molecule has 5 heteroatoms. The molecule has 0 bridgehead atoms. The van der Waals surface area contributed by atoms with Crippen molar-refractivity contribution in [3.8, 4) is 0 Å². The van der Waals surface area contributed by atoms with E-state index in [9.17, 15) is 14.7 Å². The van der Waals surface area contributed by atoms with E-state index in [4.69, 9.17) is 4.74 Å². The second-order valence-corrected chi connectivity index (χ2v) is 14.9. The predicted molar refractivity (Wildman–Crippen MR) is 146 cm³/mol. The summed E-state index contributed by atoms with van der Waals surface area (Å²) in [6.07, 6.45) is 11.7. The maximum Gasteiger partial charge on any atom is 0.322 e. The fourth-order valence-corrected chi connectivity index (χ4v) is 11.9. The smallest absolute Gasteiger partial charge is 0.322 e. The van der Waals surface area contributed by atoms with Gasteiger partial charge in [-0.2, -0.15) is 0 Å². The van der Waals surface area contributed by atoms with Crippen LogP contribution in [0.1, 0.15) is 98.8 Å². The van der Waals surface area contributed by atoms with Gasteiger partial charge in [-0.15, -0.1) is 0 Å². The van der Waals surface area contributed by atoms with Crippen LogP contribution in [0.3, 0.4) is 0 Å². The van der Waals surface area contributed by atoms with Crippen LogP contribution in [0.5, 0.6) is 0 Å². The number of aliphatic carboxylic acids is 1. The molecule has 2 N–H and O–H groups in total. The number of nitrogens with one attached hydrogen (secondary N) is 1. The van der Waals surface area contributed by atoms with Gasteiger partial charge in [0, 0.05) is 7.11 Å². The zero-order chi connectivity index (χ0) is 27.0. The molecule has 37 heavy (non-hydrogen) atoms. The van der Waals surface area contributed by atoms with Crippen LogP contribution in [-0.2, 0) is 14.3 Å². The van der Waals surface area contributed by atoms with Crippen LogP contribution in [-0.4, -0.2) is 36.7 Å². The summed E-state index contributed by atoms with van der Waals surface area (Å²) in [7, 11) is 1.90. The van der Waals surface area contributed by atoms with Crippen molar-refractivity contribution in [1.82, 2.24) is 5.32 Å².